The summed E-state index contributed by atoms with van der Waals surface area (Å²) in [5, 5.41) is 0. The van der Waals surface area contributed by atoms with Crippen LogP contribution in [0.2, 0.25) is 0 Å². The molecule has 3 aromatic carbocycles. The third-order valence-electron chi connectivity index (χ3n) is 3.67. The minimum atomic E-state index is 0.0719. The first-order chi connectivity index (χ1) is 11.1. The van der Waals surface area contributed by atoms with Gasteiger partial charge in [-0.2, -0.15) is 0 Å². The topological polar surface area (TPSA) is 17.1 Å². The van der Waals surface area contributed by atoms with Crippen LogP contribution < -0.4 is 0 Å². The van der Waals surface area contributed by atoms with E-state index in [1.807, 2.05) is 66.7 Å². The molecule has 0 heterocycles. The van der Waals surface area contributed by atoms with Gasteiger partial charge in [-0.3, -0.25) is 4.79 Å². The van der Waals surface area contributed by atoms with Gasteiger partial charge in [0.15, 0.2) is 5.78 Å². The van der Waals surface area contributed by atoms with Crippen LogP contribution in [0.25, 0.3) is 0 Å². The monoisotopic (exact) mass is 317 g/mol. The van der Waals surface area contributed by atoms with Gasteiger partial charge in [0.1, 0.15) is 0 Å². The van der Waals surface area contributed by atoms with E-state index in [0.717, 1.165) is 22.3 Å². The molecule has 0 saturated carbocycles. The summed E-state index contributed by atoms with van der Waals surface area (Å²) in [6.07, 6.45) is 0. The number of rotatable bonds is 4. The lowest BCUT2D eigenvalue weighted by Crippen LogP contribution is -2.03. The van der Waals surface area contributed by atoms with Gasteiger partial charge in [0, 0.05) is 20.9 Å². The largest absolute Gasteiger partial charge is 0.289 e. The lowest BCUT2D eigenvalue weighted by atomic mass is 9.99. The molecule has 3 aromatic rings. The van der Waals surface area contributed by atoms with Crippen molar-refractivity contribution in [2.24, 2.45) is 0 Å². The van der Waals surface area contributed by atoms with Gasteiger partial charge in [0.05, 0.1) is 0 Å². The van der Waals surface area contributed by atoms with Gasteiger partial charge < -0.3 is 0 Å². The molecule has 0 N–H and O–H groups in total. The highest BCUT2D eigenvalue weighted by atomic mass is 32.2. The van der Waals surface area contributed by atoms with Crippen LogP contribution >= 0.6 is 11.8 Å². The van der Waals surface area contributed by atoms with Crippen molar-refractivity contribution < 1.29 is 4.79 Å². The quantitative estimate of drug-likeness (QED) is 0.592. The molecule has 113 valence electrons. The average Bonchev–Trinajstić information content (AvgIpc) is 2.59. The van der Waals surface area contributed by atoms with E-state index >= 15 is 0 Å². The summed E-state index contributed by atoms with van der Waals surface area (Å²) in [7, 11) is 0. The number of aryl methyl sites for hydroxylation is 2. The third kappa shape index (κ3) is 3.54. The zero-order valence-corrected chi connectivity index (χ0v) is 14.0. The predicted molar refractivity (Wildman–Crippen MR) is 95.2 cm³/mol. The number of hydrogen-bond acceptors (Lipinski definition) is 2. The first kappa shape index (κ1) is 15.6. The fraction of sp³-hybridized carbons (Fsp3) is 0.0952. The highest BCUT2D eigenvalue weighted by Gasteiger charge is 2.13. The van der Waals surface area contributed by atoms with Crippen molar-refractivity contribution in [1.82, 2.24) is 0 Å². The second kappa shape index (κ2) is 6.84. The Balaban J connectivity index is 1.93. The predicted octanol–water partition coefficient (Wildman–Crippen LogP) is 5.49. The van der Waals surface area contributed by atoms with Gasteiger partial charge in [-0.15, -0.1) is 0 Å². The van der Waals surface area contributed by atoms with Crippen molar-refractivity contribution in [1.29, 1.82) is 0 Å². The molecular formula is C21H17OS. The van der Waals surface area contributed by atoms with Crippen molar-refractivity contribution in [3.05, 3.63) is 95.1 Å². The minimum absolute atomic E-state index is 0.0719. The molecule has 0 aliphatic heterocycles. The highest BCUT2D eigenvalue weighted by Crippen LogP contribution is 2.33. The molecule has 2 heteroatoms. The Hall–Kier alpha value is -2.32. The van der Waals surface area contributed by atoms with Crippen LogP contribution in [0.15, 0.2) is 76.5 Å². The lowest BCUT2D eigenvalue weighted by Gasteiger charge is -2.12. The van der Waals surface area contributed by atoms with Gasteiger partial charge in [-0.05, 0) is 55.3 Å². The molecule has 1 radical (unpaired) electrons. The summed E-state index contributed by atoms with van der Waals surface area (Å²) >= 11 is 1.73. The molecule has 0 spiro atoms. The fourth-order valence-corrected chi connectivity index (χ4v) is 3.50. The highest BCUT2D eigenvalue weighted by molar-refractivity contribution is 7.99. The standard InChI is InChI=1S/C21H17OS/c1-15-13-18(20(22)17-9-5-3-6-10-17)14-16(2)21(15)23-19-11-7-4-8-12-19/h3,5-14H,1-2H3. The normalized spacial score (nSPS) is 10.5. The Bertz CT molecular complexity index is 800. The summed E-state index contributed by atoms with van der Waals surface area (Å²) < 4.78 is 0. The molecule has 0 aromatic heterocycles. The van der Waals surface area contributed by atoms with E-state index in [2.05, 4.69) is 19.9 Å². The molecule has 0 unspecified atom stereocenters. The summed E-state index contributed by atoms with van der Waals surface area (Å²) in [5.74, 6) is 0.0719. The molecule has 0 saturated heterocycles. The van der Waals surface area contributed by atoms with Crippen LogP contribution in [-0.4, -0.2) is 5.78 Å². The van der Waals surface area contributed by atoms with Crippen molar-refractivity contribution >= 4 is 17.5 Å². The molecule has 3 rings (SSSR count). The van der Waals surface area contributed by atoms with Crippen LogP contribution in [0, 0.1) is 19.9 Å². The van der Waals surface area contributed by atoms with Crippen LogP contribution in [0.1, 0.15) is 27.0 Å². The molecule has 0 amide bonds. The van der Waals surface area contributed by atoms with Crippen molar-refractivity contribution in [3.63, 3.8) is 0 Å². The smallest absolute Gasteiger partial charge is 0.193 e. The number of carbonyl (C=O) groups excluding carboxylic acids is 1. The van der Waals surface area contributed by atoms with Crippen molar-refractivity contribution in [2.45, 2.75) is 23.6 Å². The maximum absolute atomic E-state index is 12.6. The second-order valence-corrected chi connectivity index (χ2v) is 6.56. The molecule has 0 bridgehead atoms. The van der Waals surface area contributed by atoms with E-state index in [1.54, 1.807) is 11.8 Å². The van der Waals surface area contributed by atoms with E-state index in [4.69, 9.17) is 0 Å². The van der Waals surface area contributed by atoms with Crippen LogP contribution in [-0.2, 0) is 0 Å². The van der Waals surface area contributed by atoms with Gasteiger partial charge in [0.2, 0.25) is 0 Å². The van der Waals surface area contributed by atoms with Gasteiger partial charge >= 0.3 is 0 Å². The Morgan fingerprint density at radius 3 is 2.09 bits per heavy atom. The maximum Gasteiger partial charge on any atom is 0.193 e. The van der Waals surface area contributed by atoms with E-state index in [0.29, 0.717) is 0 Å². The fourth-order valence-electron chi connectivity index (χ4n) is 2.56. The van der Waals surface area contributed by atoms with Gasteiger partial charge in [-0.1, -0.05) is 54.2 Å². The van der Waals surface area contributed by atoms with Gasteiger partial charge in [-0.25, -0.2) is 0 Å². The summed E-state index contributed by atoms with van der Waals surface area (Å²) in [6.45, 7) is 4.12. The second-order valence-electron chi connectivity index (χ2n) is 5.47. The first-order valence-electron chi connectivity index (χ1n) is 7.50. The lowest BCUT2D eigenvalue weighted by molar-refractivity contribution is 0.103. The maximum atomic E-state index is 12.6. The molecule has 23 heavy (non-hydrogen) atoms. The minimum Gasteiger partial charge on any atom is -0.289 e. The Labute approximate surface area is 141 Å². The van der Waals surface area contributed by atoms with E-state index in [-0.39, 0.29) is 5.78 Å². The van der Waals surface area contributed by atoms with Crippen molar-refractivity contribution in [2.75, 3.05) is 0 Å². The zero-order valence-electron chi connectivity index (χ0n) is 13.2. The SMILES string of the molecule is Cc1cc(C(=O)c2ccccc2)cc(C)c1Sc1cc[c]cc1. The summed E-state index contributed by atoms with van der Waals surface area (Å²) in [4.78, 5) is 15.0. The Morgan fingerprint density at radius 1 is 0.870 bits per heavy atom. The van der Waals surface area contributed by atoms with E-state index < -0.39 is 0 Å². The van der Waals surface area contributed by atoms with Crippen LogP contribution in [0.4, 0.5) is 0 Å². The molecular weight excluding hydrogens is 300 g/mol. The number of ketones is 1. The van der Waals surface area contributed by atoms with Crippen LogP contribution in [0.5, 0.6) is 0 Å². The average molecular weight is 317 g/mol. The Kier molecular flexibility index (Phi) is 4.63. The Morgan fingerprint density at radius 2 is 1.48 bits per heavy atom. The van der Waals surface area contributed by atoms with E-state index in [1.165, 1.54) is 9.79 Å². The van der Waals surface area contributed by atoms with E-state index in [9.17, 15) is 4.79 Å². The number of benzene rings is 3. The van der Waals surface area contributed by atoms with Crippen LogP contribution in [0.3, 0.4) is 0 Å². The molecule has 0 aliphatic rings. The summed E-state index contributed by atoms with van der Waals surface area (Å²) in [5.41, 5.74) is 3.73. The third-order valence-corrected chi connectivity index (χ3v) is 5.02. The molecule has 0 atom stereocenters. The van der Waals surface area contributed by atoms with Crippen molar-refractivity contribution in [3.8, 4) is 0 Å². The number of hydrogen-bond donors (Lipinski definition) is 0. The van der Waals surface area contributed by atoms with Gasteiger partial charge in [0.25, 0.3) is 0 Å². The summed E-state index contributed by atoms with van der Waals surface area (Å²) in [6, 6.07) is 24.4. The molecule has 0 aliphatic carbocycles. The first-order valence-corrected chi connectivity index (χ1v) is 8.32. The zero-order chi connectivity index (χ0) is 16.2. The molecule has 1 nitrogen and oxygen atoms in total. The molecule has 0 fully saturated rings. The number of carbonyl (C=O) groups is 1.